The summed E-state index contributed by atoms with van der Waals surface area (Å²) in [5.41, 5.74) is 1.50. The molecule has 8 heteroatoms. The van der Waals surface area contributed by atoms with E-state index in [4.69, 9.17) is 9.47 Å². The van der Waals surface area contributed by atoms with Gasteiger partial charge in [-0.3, -0.25) is 14.4 Å². The van der Waals surface area contributed by atoms with Crippen LogP contribution in [-0.4, -0.2) is 71.3 Å². The largest absolute Gasteiger partial charge is 0.465 e. The second-order valence-electron chi connectivity index (χ2n) is 11.9. The lowest BCUT2D eigenvalue weighted by Crippen LogP contribution is -2.59. The molecule has 6 atom stereocenters. The molecule has 2 amide bonds. The van der Waals surface area contributed by atoms with Crippen LogP contribution in [-0.2, 0) is 23.9 Å². The number of esters is 1. The van der Waals surface area contributed by atoms with E-state index < -0.39 is 41.6 Å². The molecule has 2 bridgehead atoms. The third-order valence-corrected chi connectivity index (χ3v) is 8.62. The quantitative estimate of drug-likeness (QED) is 0.225. The van der Waals surface area contributed by atoms with Crippen molar-refractivity contribution in [1.82, 2.24) is 4.90 Å². The average molecular weight is 553 g/mol. The number of aliphatic hydroxyl groups is 1. The lowest BCUT2D eigenvalue weighted by molar-refractivity contribution is -0.156. The topological polar surface area (TPSA) is 96.4 Å². The molecule has 3 heterocycles. The summed E-state index contributed by atoms with van der Waals surface area (Å²) in [4.78, 5) is 45.6. The van der Waals surface area contributed by atoms with E-state index in [0.717, 1.165) is 23.2 Å². The first-order chi connectivity index (χ1) is 19.1. The standard InChI is InChI=1S/C32H44N2O6/c1-7-9-10-16-39-31(38)26-25-13-14-32(40-25)27(26)29(36)34(23(19-35)17-20(3)4)28(32)30(37)33(15-8-2)24-18-21(5)11-12-22(24)6/h7-8,11-12,18,20,23,25-28,35H,1-2,9-10,13-17,19H2,3-6H3/t23-,25+,26-,27+,28?,32?/m1/s1. The first kappa shape index (κ1) is 30.0. The van der Waals surface area contributed by atoms with Crippen molar-refractivity contribution in [1.29, 1.82) is 0 Å². The lowest BCUT2D eigenvalue weighted by Gasteiger charge is -2.40. The van der Waals surface area contributed by atoms with E-state index in [0.29, 0.717) is 25.7 Å². The fourth-order valence-electron chi connectivity index (χ4n) is 6.94. The zero-order chi connectivity index (χ0) is 29.2. The number of fused-ring (bicyclic) bond motifs is 1. The highest BCUT2D eigenvalue weighted by molar-refractivity contribution is 6.05. The Bertz CT molecular complexity index is 1150. The Morgan fingerprint density at radius 3 is 2.67 bits per heavy atom. The number of carbonyl (C=O) groups excluding carboxylic acids is 3. The van der Waals surface area contributed by atoms with Gasteiger partial charge in [0.05, 0.1) is 37.2 Å². The molecule has 0 aliphatic carbocycles. The third-order valence-electron chi connectivity index (χ3n) is 8.62. The van der Waals surface area contributed by atoms with Crippen LogP contribution in [0.15, 0.2) is 43.5 Å². The molecule has 1 spiro atoms. The molecular formula is C32H44N2O6. The lowest BCUT2D eigenvalue weighted by atomic mass is 9.70. The summed E-state index contributed by atoms with van der Waals surface area (Å²) >= 11 is 0. The summed E-state index contributed by atoms with van der Waals surface area (Å²) in [6.07, 6.45) is 5.89. The van der Waals surface area contributed by atoms with Crippen LogP contribution in [0.5, 0.6) is 0 Å². The molecule has 1 aromatic carbocycles. The molecule has 40 heavy (non-hydrogen) atoms. The average Bonchev–Trinajstić information content (AvgIpc) is 3.56. The van der Waals surface area contributed by atoms with Crippen LogP contribution >= 0.6 is 0 Å². The molecule has 0 saturated carbocycles. The summed E-state index contributed by atoms with van der Waals surface area (Å²) in [5.74, 6) is -2.50. The number of rotatable bonds is 13. The van der Waals surface area contributed by atoms with Crippen molar-refractivity contribution in [3.63, 3.8) is 0 Å². The van der Waals surface area contributed by atoms with Gasteiger partial charge >= 0.3 is 5.97 Å². The van der Waals surface area contributed by atoms with Crippen LogP contribution < -0.4 is 4.90 Å². The van der Waals surface area contributed by atoms with E-state index in [2.05, 4.69) is 13.2 Å². The molecule has 3 saturated heterocycles. The Labute approximate surface area is 238 Å². The van der Waals surface area contributed by atoms with Crippen LogP contribution in [0.1, 0.15) is 57.1 Å². The fraction of sp³-hybridized carbons (Fsp3) is 0.594. The molecule has 3 aliphatic heterocycles. The molecule has 3 aliphatic rings. The van der Waals surface area contributed by atoms with Gasteiger partial charge in [0.25, 0.3) is 5.91 Å². The molecule has 1 aromatic rings. The first-order valence-electron chi connectivity index (χ1n) is 14.5. The van der Waals surface area contributed by atoms with Crippen molar-refractivity contribution in [2.24, 2.45) is 17.8 Å². The number of nitrogens with zero attached hydrogens (tertiary/aromatic N) is 2. The number of carbonyl (C=O) groups is 3. The maximum atomic E-state index is 14.7. The Hall–Kier alpha value is -2.97. The molecule has 1 N–H and O–H groups in total. The van der Waals surface area contributed by atoms with Gasteiger partial charge in [-0.25, -0.2) is 0 Å². The summed E-state index contributed by atoms with van der Waals surface area (Å²) in [6, 6.07) is 4.35. The fourth-order valence-corrected chi connectivity index (χ4v) is 6.94. The molecule has 0 radical (unpaired) electrons. The molecule has 3 fully saturated rings. The van der Waals surface area contributed by atoms with Gasteiger partial charge in [0.1, 0.15) is 11.6 Å². The van der Waals surface area contributed by atoms with Gasteiger partial charge in [0.15, 0.2) is 0 Å². The van der Waals surface area contributed by atoms with E-state index in [1.807, 2.05) is 45.9 Å². The number of aliphatic hydroxyl groups excluding tert-OH is 1. The normalized spacial score (nSPS) is 27.6. The monoisotopic (exact) mass is 552 g/mol. The van der Waals surface area contributed by atoms with Gasteiger partial charge in [-0.05, 0) is 69.1 Å². The van der Waals surface area contributed by atoms with Crippen LogP contribution in [0.4, 0.5) is 5.69 Å². The maximum Gasteiger partial charge on any atom is 0.312 e. The van der Waals surface area contributed by atoms with Gasteiger partial charge in [-0.2, -0.15) is 0 Å². The minimum atomic E-state index is -1.16. The minimum Gasteiger partial charge on any atom is -0.465 e. The highest BCUT2D eigenvalue weighted by Crippen LogP contribution is 2.59. The number of likely N-dealkylation sites (tertiary alicyclic amines) is 1. The van der Waals surface area contributed by atoms with Crippen molar-refractivity contribution in [3.05, 3.63) is 54.6 Å². The van der Waals surface area contributed by atoms with Gasteiger partial charge < -0.3 is 24.4 Å². The summed E-state index contributed by atoms with van der Waals surface area (Å²) < 4.78 is 12.2. The molecular weight excluding hydrogens is 508 g/mol. The summed E-state index contributed by atoms with van der Waals surface area (Å²) in [7, 11) is 0. The van der Waals surface area contributed by atoms with E-state index in [9.17, 15) is 19.5 Å². The Morgan fingerprint density at radius 1 is 1.27 bits per heavy atom. The number of unbranched alkanes of at least 4 members (excludes halogenated alkanes) is 1. The number of hydrogen-bond acceptors (Lipinski definition) is 6. The van der Waals surface area contributed by atoms with E-state index >= 15 is 0 Å². The Kier molecular flexibility index (Phi) is 9.20. The second-order valence-corrected chi connectivity index (χ2v) is 11.9. The summed E-state index contributed by atoms with van der Waals surface area (Å²) in [5, 5.41) is 10.5. The zero-order valence-corrected chi connectivity index (χ0v) is 24.3. The minimum absolute atomic E-state index is 0.171. The number of aryl methyl sites for hydroxylation is 2. The Morgan fingerprint density at radius 2 is 2.02 bits per heavy atom. The third kappa shape index (κ3) is 5.23. The van der Waals surface area contributed by atoms with Gasteiger partial charge in [0.2, 0.25) is 5.91 Å². The molecule has 218 valence electrons. The van der Waals surface area contributed by atoms with Gasteiger partial charge in [0, 0.05) is 12.2 Å². The van der Waals surface area contributed by atoms with E-state index in [1.165, 1.54) is 0 Å². The number of hydrogen-bond donors (Lipinski definition) is 1. The zero-order valence-electron chi connectivity index (χ0n) is 24.3. The molecule has 4 rings (SSSR count). The van der Waals surface area contributed by atoms with Crippen molar-refractivity contribution in [2.75, 3.05) is 24.7 Å². The number of anilines is 1. The number of amides is 2. The predicted octanol–water partition coefficient (Wildman–Crippen LogP) is 4.11. The van der Waals surface area contributed by atoms with Gasteiger partial charge in [-0.1, -0.05) is 38.1 Å². The molecule has 0 aromatic heterocycles. The SMILES string of the molecule is C=CCCCOC(=O)[C@@H]1[C@@H]2CCC3(O2)C(C(=O)N(CC=C)c2cc(C)ccc2C)N([C@@H](CO)CC(C)C)C(=O)[C@H]13. The van der Waals surface area contributed by atoms with Crippen molar-refractivity contribution in [3.8, 4) is 0 Å². The van der Waals surface area contributed by atoms with E-state index in [-0.39, 0.29) is 37.5 Å². The number of ether oxygens (including phenoxy) is 2. The van der Waals surface area contributed by atoms with Crippen molar-refractivity contribution in [2.45, 2.75) is 83.6 Å². The second kappa shape index (κ2) is 12.3. The molecule has 2 unspecified atom stereocenters. The predicted molar refractivity (Wildman–Crippen MR) is 154 cm³/mol. The first-order valence-corrected chi connectivity index (χ1v) is 14.5. The van der Waals surface area contributed by atoms with Crippen molar-refractivity contribution >= 4 is 23.5 Å². The van der Waals surface area contributed by atoms with Crippen LogP contribution in [0.2, 0.25) is 0 Å². The van der Waals surface area contributed by atoms with Gasteiger partial charge in [-0.15, -0.1) is 13.2 Å². The highest BCUT2D eigenvalue weighted by Gasteiger charge is 2.75. The summed E-state index contributed by atoms with van der Waals surface area (Å²) in [6.45, 7) is 15.7. The Balaban J connectivity index is 1.78. The van der Waals surface area contributed by atoms with Crippen LogP contribution in [0, 0.1) is 31.6 Å². The molecule has 8 nitrogen and oxygen atoms in total. The van der Waals surface area contributed by atoms with Crippen molar-refractivity contribution < 1.29 is 29.0 Å². The number of allylic oxidation sites excluding steroid dienone is 1. The van der Waals surface area contributed by atoms with E-state index in [1.54, 1.807) is 22.0 Å². The number of benzene rings is 1. The van der Waals surface area contributed by atoms with Crippen LogP contribution in [0.25, 0.3) is 0 Å². The van der Waals surface area contributed by atoms with Crippen LogP contribution in [0.3, 0.4) is 0 Å². The maximum absolute atomic E-state index is 14.7. The smallest absolute Gasteiger partial charge is 0.312 e. The highest BCUT2D eigenvalue weighted by atomic mass is 16.6.